The Morgan fingerprint density at radius 3 is 2.27 bits per heavy atom. The molecule has 22 heavy (non-hydrogen) atoms. The fourth-order valence-corrected chi connectivity index (χ4v) is 2.78. The Morgan fingerprint density at radius 1 is 0.682 bits per heavy atom. The van der Waals surface area contributed by atoms with Crippen LogP contribution in [0.5, 0.6) is 0 Å². The van der Waals surface area contributed by atoms with Crippen LogP contribution in [-0.4, -0.2) is 4.98 Å². The van der Waals surface area contributed by atoms with Gasteiger partial charge >= 0.3 is 0 Å². The van der Waals surface area contributed by atoms with Gasteiger partial charge in [0, 0.05) is 27.7 Å². The molecule has 0 aliphatic heterocycles. The van der Waals surface area contributed by atoms with Gasteiger partial charge in [0.2, 0.25) is 0 Å². The van der Waals surface area contributed by atoms with Crippen molar-refractivity contribution in [2.75, 3.05) is 11.5 Å². The molecular formula is C19H15N3. The first kappa shape index (κ1) is 12.7. The lowest BCUT2D eigenvalue weighted by Gasteiger charge is -2.08. The van der Waals surface area contributed by atoms with Crippen LogP contribution >= 0.6 is 0 Å². The van der Waals surface area contributed by atoms with Crippen molar-refractivity contribution in [3.63, 3.8) is 0 Å². The van der Waals surface area contributed by atoms with E-state index in [0.717, 1.165) is 44.3 Å². The Morgan fingerprint density at radius 2 is 1.45 bits per heavy atom. The average molecular weight is 285 g/mol. The quantitative estimate of drug-likeness (QED) is 0.406. The van der Waals surface area contributed by atoms with Gasteiger partial charge in [0.15, 0.2) is 0 Å². The number of rotatable bonds is 1. The van der Waals surface area contributed by atoms with Gasteiger partial charge < -0.3 is 11.5 Å². The van der Waals surface area contributed by atoms with Gasteiger partial charge in [-0.3, -0.25) is 0 Å². The second-order valence-corrected chi connectivity index (χ2v) is 5.44. The van der Waals surface area contributed by atoms with Crippen molar-refractivity contribution in [3.05, 3.63) is 66.7 Å². The summed E-state index contributed by atoms with van der Waals surface area (Å²) in [6.07, 6.45) is 0. The van der Waals surface area contributed by atoms with E-state index in [1.807, 2.05) is 48.5 Å². The van der Waals surface area contributed by atoms with Crippen LogP contribution in [-0.2, 0) is 0 Å². The largest absolute Gasteiger partial charge is 0.399 e. The Balaban J connectivity index is 2.03. The third kappa shape index (κ3) is 2.04. The lowest BCUT2D eigenvalue weighted by molar-refractivity contribution is 1.49. The highest BCUT2D eigenvalue weighted by atomic mass is 14.7. The number of fused-ring (bicyclic) bond motifs is 2. The molecule has 3 aromatic carbocycles. The molecule has 0 bridgehead atoms. The molecule has 0 atom stereocenters. The van der Waals surface area contributed by atoms with Crippen molar-refractivity contribution < 1.29 is 0 Å². The smallest absolute Gasteiger partial charge is 0.0788 e. The van der Waals surface area contributed by atoms with Gasteiger partial charge in [-0.15, -0.1) is 0 Å². The van der Waals surface area contributed by atoms with Crippen LogP contribution in [0.4, 0.5) is 11.4 Å². The molecule has 1 aromatic heterocycles. The summed E-state index contributed by atoms with van der Waals surface area (Å²) in [6.45, 7) is 0. The predicted octanol–water partition coefficient (Wildman–Crippen LogP) is 4.22. The van der Waals surface area contributed by atoms with E-state index in [0.29, 0.717) is 0 Å². The Labute approximate surface area is 128 Å². The number of pyridine rings is 1. The van der Waals surface area contributed by atoms with Crippen LogP contribution in [0.3, 0.4) is 0 Å². The molecule has 1 heterocycles. The number of nitrogens with two attached hydrogens (primary N) is 2. The number of hydrogen-bond acceptors (Lipinski definition) is 3. The van der Waals surface area contributed by atoms with Crippen LogP contribution in [0.25, 0.3) is 32.9 Å². The minimum absolute atomic E-state index is 0.753. The summed E-state index contributed by atoms with van der Waals surface area (Å²) in [5.41, 5.74) is 17.3. The van der Waals surface area contributed by atoms with Gasteiger partial charge in [-0.05, 0) is 42.0 Å². The number of nitrogen functional groups attached to an aromatic ring is 2. The predicted molar refractivity (Wildman–Crippen MR) is 93.5 cm³/mol. The maximum atomic E-state index is 5.86. The first-order valence-corrected chi connectivity index (χ1v) is 7.16. The lowest BCUT2D eigenvalue weighted by atomic mass is 10.0. The van der Waals surface area contributed by atoms with Crippen molar-refractivity contribution in [3.8, 4) is 11.1 Å². The van der Waals surface area contributed by atoms with Gasteiger partial charge in [0.05, 0.1) is 11.0 Å². The molecule has 0 unspecified atom stereocenters. The van der Waals surface area contributed by atoms with Crippen LogP contribution in [0.2, 0.25) is 0 Å². The minimum Gasteiger partial charge on any atom is -0.399 e. The number of hydrogen-bond donors (Lipinski definition) is 2. The highest BCUT2D eigenvalue weighted by Crippen LogP contribution is 2.30. The van der Waals surface area contributed by atoms with E-state index in [4.69, 9.17) is 16.5 Å². The van der Waals surface area contributed by atoms with Crippen LogP contribution < -0.4 is 11.5 Å². The van der Waals surface area contributed by atoms with Gasteiger partial charge in [0.1, 0.15) is 0 Å². The first-order chi connectivity index (χ1) is 10.7. The highest BCUT2D eigenvalue weighted by Gasteiger charge is 2.07. The van der Waals surface area contributed by atoms with Crippen molar-refractivity contribution in [1.82, 2.24) is 4.98 Å². The van der Waals surface area contributed by atoms with E-state index in [1.165, 1.54) is 0 Å². The van der Waals surface area contributed by atoms with E-state index in [2.05, 4.69) is 18.2 Å². The summed E-state index contributed by atoms with van der Waals surface area (Å²) >= 11 is 0. The van der Waals surface area contributed by atoms with Gasteiger partial charge in [-0.25, -0.2) is 4.98 Å². The minimum atomic E-state index is 0.753. The summed E-state index contributed by atoms with van der Waals surface area (Å²) in [4.78, 5) is 4.83. The van der Waals surface area contributed by atoms with Gasteiger partial charge in [0.25, 0.3) is 0 Å². The number of nitrogens with zero attached hydrogens (tertiary/aromatic N) is 1. The maximum absolute atomic E-state index is 5.86. The van der Waals surface area contributed by atoms with Crippen LogP contribution in [0.1, 0.15) is 0 Å². The van der Waals surface area contributed by atoms with Crippen molar-refractivity contribution in [2.45, 2.75) is 0 Å². The topological polar surface area (TPSA) is 64.9 Å². The third-order valence-corrected chi connectivity index (χ3v) is 3.88. The standard InChI is InChI=1S/C19H15N3/c20-15-6-4-12(5-7-15)17-3-1-2-13-10-14-11-16(21)8-9-18(14)22-19(13)17/h1-11H,20-21H2. The summed E-state index contributed by atoms with van der Waals surface area (Å²) in [7, 11) is 0. The summed E-state index contributed by atoms with van der Waals surface area (Å²) in [6, 6.07) is 22.0. The SMILES string of the molecule is Nc1ccc(-c2cccc3cc4cc(N)ccc4nc23)cc1. The van der Waals surface area contributed by atoms with Crippen LogP contribution in [0, 0.1) is 0 Å². The molecule has 4 rings (SSSR count). The van der Waals surface area contributed by atoms with E-state index in [1.54, 1.807) is 0 Å². The number of benzene rings is 3. The Bertz CT molecular complexity index is 989. The summed E-state index contributed by atoms with van der Waals surface area (Å²) in [5.74, 6) is 0. The zero-order valence-corrected chi connectivity index (χ0v) is 12.0. The fourth-order valence-electron chi connectivity index (χ4n) is 2.78. The third-order valence-electron chi connectivity index (χ3n) is 3.88. The second kappa shape index (κ2) is 4.74. The molecule has 4 aromatic rings. The molecule has 0 radical (unpaired) electrons. The molecule has 106 valence electrons. The maximum Gasteiger partial charge on any atom is 0.0788 e. The molecule has 3 nitrogen and oxygen atoms in total. The number of para-hydroxylation sites is 1. The molecule has 0 saturated heterocycles. The Kier molecular flexibility index (Phi) is 2.73. The van der Waals surface area contributed by atoms with E-state index >= 15 is 0 Å². The zero-order chi connectivity index (χ0) is 15.1. The summed E-state index contributed by atoms with van der Waals surface area (Å²) < 4.78 is 0. The second-order valence-electron chi connectivity index (χ2n) is 5.44. The molecule has 0 saturated carbocycles. The Hall–Kier alpha value is -3.07. The van der Waals surface area contributed by atoms with Crippen molar-refractivity contribution in [2.24, 2.45) is 0 Å². The number of aromatic nitrogens is 1. The first-order valence-electron chi connectivity index (χ1n) is 7.16. The molecule has 4 N–H and O–H groups in total. The lowest BCUT2D eigenvalue weighted by Crippen LogP contribution is -1.89. The van der Waals surface area contributed by atoms with Crippen LogP contribution in [0.15, 0.2) is 66.7 Å². The molecule has 0 fully saturated rings. The van der Waals surface area contributed by atoms with E-state index < -0.39 is 0 Å². The van der Waals surface area contributed by atoms with Gasteiger partial charge in [-0.2, -0.15) is 0 Å². The molecule has 3 heteroatoms. The molecular weight excluding hydrogens is 270 g/mol. The highest BCUT2D eigenvalue weighted by molar-refractivity contribution is 6.00. The molecule has 0 aliphatic rings. The average Bonchev–Trinajstić information content (AvgIpc) is 2.53. The molecule has 0 amide bonds. The molecule has 0 aliphatic carbocycles. The van der Waals surface area contributed by atoms with Crippen molar-refractivity contribution in [1.29, 1.82) is 0 Å². The summed E-state index contributed by atoms with van der Waals surface area (Å²) in [5, 5.41) is 2.16. The normalized spacial score (nSPS) is 11.1. The fraction of sp³-hybridized carbons (Fsp3) is 0. The van der Waals surface area contributed by atoms with Gasteiger partial charge in [-0.1, -0.05) is 30.3 Å². The van der Waals surface area contributed by atoms with E-state index in [9.17, 15) is 0 Å². The zero-order valence-electron chi connectivity index (χ0n) is 12.0. The van der Waals surface area contributed by atoms with Crippen molar-refractivity contribution >= 4 is 33.2 Å². The van der Waals surface area contributed by atoms with E-state index in [-0.39, 0.29) is 0 Å². The monoisotopic (exact) mass is 285 g/mol. The number of anilines is 2. The molecule has 0 spiro atoms.